The summed E-state index contributed by atoms with van der Waals surface area (Å²) in [5.74, 6) is 0.121. The number of guanidine groups is 1. The predicted molar refractivity (Wildman–Crippen MR) is 165 cm³/mol. The molecule has 0 aromatic heterocycles. The van der Waals surface area contributed by atoms with Crippen LogP contribution in [0.25, 0.3) is 0 Å². The van der Waals surface area contributed by atoms with Crippen LogP contribution in [0.3, 0.4) is 0 Å². The Bertz CT molecular complexity index is 1440. The van der Waals surface area contributed by atoms with Crippen molar-refractivity contribution in [3.8, 4) is 6.07 Å². The fraction of sp³-hybridized carbons (Fsp3) is 0.765. The number of carbonyl (C=O) groups is 2. The molecule has 0 aliphatic heterocycles. The average Bonchev–Trinajstić information content (AvgIpc) is 3.72. The molecule has 0 unspecified atom stereocenters. The van der Waals surface area contributed by atoms with Gasteiger partial charge in [0.15, 0.2) is 16.6 Å². The first kappa shape index (κ1) is 30.9. The van der Waals surface area contributed by atoms with E-state index in [4.69, 9.17) is 4.74 Å². The molecule has 10 nitrogen and oxygen atoms in total. The summed E-state index contributed by atoms with van der Waals surface area (Å²) in [6, 6.07) is 2.19. The van der Waals surface area contributed by atoms with Gasteiger partial charge in [-0.2, -0.15) is 5.26 Å². The van der Waals surface area contributed by atoms with Gasteiger partial charge < -0.3 is 15.4 Å². The number of nitro groups is 1. The quantitative estimate of drug-likeness (QED) is 0.145. The second kappa shape index (κ2) is 9.97. The van der Waals surface area contributed by atoms with Crippen LogP contribution in [0.15, 0.2) is 28.4 Å². The predicted octanol–water partition coefficient (Wildman–Crippen LogP) is 5.09. The molecule has 1 spiro atoms. The molecule has 6 aliphatic rings. The molecule has 0 bridgehead atoms. The number of hydrogen-bond donors (Lipinski definition) is 2. The average molecular weight is 606 g/mol. The lowest BCUT2D eigenvalue weighted by atomic mass is 9.35. The summed E-state index contributed by atoms with van der Waals surface area (Å²) in [7, 11) is 1.58. The monoisotopic (exact) mass is 605 g/mol. The van der Waals surface area contributed by atoms with Crippen molar-refractivity contribution in [2.24, 2.45) is 49.9 Å². The van der Waals surface area contributed by atoms with E-state index in [-0.39, 0.29) is 51.7 Å². The molecule has 4 saturated carbocycles. The van der Waals surface area contributed by atoms with Gasteiger partial charge in [-0.1, -0.05) is 46.3 Å². The zero-order chi connectivity index (χ0) is 31.9. The number of nitriles is 1. The summed E-state index contributed by atoms with van der Waals surface area (Å²) in [5.41, 5.74) is -0.531. The highest BCUT2D eigenvalue weighted by Crippen LogP contribution is 2.75. The number of nitrogens with one attached hydrogen (secondary N) is 2. The fourth-order valence-corrected chi connectivity index (χ4v) is 10.9. The van der Waals surface area contributed by atoms with E-state index in [0.29, 0.717) is 18.6 Å². The smallest absolute Gasteiger partial charge is 0.268 e. The SMILES string of the molecule is CN/C(=N\[N+](=O)[O-])NCCO[C@]12CCC3(CC3)C[C@H]1[C@H]1C(=O)C=C3[C@@]4(C)C=C(C#N)C(=O)C(C)(C)[C@@H]4CC[C@@]3(C)[C@]1(C)CC2. The number of carbonyl (C=O) groups excluding carboxylic acids is 2. The molecule has 238 valence electrons. The maximum Gasteiger partial charge on any atom is 0.268 e. The highest BCUT2D eigenvalue weighted by molar-refractivity contribution is 6.04. The minimum absolute atomic E-state index is 0.0242. The number of Topliss-reactive ketones (excluding diaryl/α,β-unsaturated/α-hetero) is 1. The summed E-state index contributed by atoms with van der Waals surface area (Å²) in [5, 5.41) is 29.1. The minimum Gasteiger partial charge on any atom is -0.373 e. The van der Waals surface area contributed by atoms with Gasteiger partial charge in [0.05, 0.1) is 17.8 Å². The molecule has 7 atom stereocenters. The van der Waals surface area contributed by atoms with E-state index in [1.807, 2.05) is 26.0 Å². The van der Waals surface area contributed by atoms with E-state index in [1.54, 1.807) is 7.05 Å². The largest absolute Gasteiger partial charge is 0.373 e. The van der Waals surface area contributed by atoms with E-state index < -0.39 is 21.5 Å². The third-order valence-electron chi connectivity index (χ3n) is 13.7. The first-order valence-electron chi connectivity index (χ1n) is 16.3. The Labute approximate surface area is 260 Å². The van der Waals surface area contributed by atoms with Gasteiger partial charge in [0.25, 0.3) is 5.96 Å². The van der Waals surface area contributed by atoms with Gasteiger partial charge in [-0.3, -0.25) is 9.59 Å². The van der Waals surface area contributed by atoms with Crippen molar-refractivity contribution in [1.82, 2.24) is 10.6 Å². The third-order valence-corrected chi connectivity index (χ3v) is 13.7. The third kappa shape index (κ3) is 4.24. The van der Waals surface area contributed by atoms with Crippen LogP contribution in [0.5, 0.6) is 0 Å². The van der Waals surface area contributed by atoms with Gasteiger partial charge in [0.1, 0.15) is 11.2 Å². The van der Waals surface area contributed by atoms with Gasteiger partial charge in [-0.05, 0) is 91.9 Å². The number of ketones is 2. The van der Waals surface area contributed by atoms with Gasteiger partial charge in [0.2, 0.25) is 0 Å². The number of rotatable bonds is 5. The zero-order valence-electron chi connectivity index (χ0n) is 27.0. The standard InChI is InChI=1S/C34H47N5O5/c1-29(2)24-7-8-31(4)25(30(24,3)18-21(20-35)27(29)41)17-23(40)26-22-19-33(10-11-33)12-14-34(22,13-9-32(26,31)5)44-16-15-37-28(36-6)38-39(42)43/h17-18,22,24,26H,7-16,19H2,1-6H3,(H2,36,37,38)/t22-,24-,26-,30-,31+,32+,34+/m0/s1. The molecule has 4 fully saturated rings. The Morgan fingerprint density at radius 3 is 2.43 bits per heavy atom. The Balaban J connectivity index is 1.36. The van der Waals surface area contributed by atoms with Crippen molar-refractivity contribution in [2.45, 2.75) is 98.0 Å². The van der Waals surface area contributed by atoms with Crippen molar-refractivity contribution in [1.29, 1.82) is 5.26 Å². The number of nitrogens with zero attached hydrogens (tertiary/aromatic N) is 3. The van der Waals surface area contributed by atoms with Gasteiger partial charge in [-0.15, -0.1) is 0 Å². The number of fused-ring (bicyclic) bond motifs is 7. The first-order valence-corrected chi connectivity index (χ1v) is 16.3. The Hall–Kier alpha value is -3.06. The molecular weight excluding hydrogens is 558 g/mol. The molecule has 0 heterocycles. The maximum absolute atomic E-state index is 14.6. The Morgan fingerprint density at radius 2 is 1.80 bits per heavy atom. The molecule has 0 aromatic rings. The lowest BCUT2D eigenvalue weighted by Gasteiger charge is -2.68. The van der Waals surface area contributed by atoms with Crippen LogP contribution in [-0.4, -0.2) is 48.4 Å². The molecule has 0 amide bonds. The number of hydrazone groups is 1. The molecule has 10 heteroatoms. The number of ether oxygens (including phenoxy) is 1. The van der Waals surface area contributed by atoms with Crippen molar-refractivity contribution in [3.05, 3.63) is 33.4 Å². The van der Waals surface area contributed by atoms with E-state index >= 15 is 0 Å². The summed E-state index contributed by atoms with van der Waals surface area (Å²) in [4.78, 5) is 38.8. The summed E-state index contributed by atoms with van der Waals surface area (Å²) < 4.78 is 6.81. The van der Waals surface area contributed by atoms with E-state index in [1.165, 1.54) is 12.8 Å². The maximum atomic E-state index is 14.6. The zero-order valence-corrected chi connectivity index (χ0v) is 27.0. The minimum atomic E-state index is -0.735. The van der Waals surface area contributed by atoms with Gasteiger partial charge >= 0.3 is 0 Å². The van der Waals surface area contributed by atoms with Crippen LogP contribution >= 0.6 is 0 Å². The van der Waals surface area contributed by atoms with Crippen LogP contribution in [0, 0.1) is 66.3 Å². The molecule has 0 radical (unpaired) electrons. The molecule has 6 rings (SSSR count). The molecular formula is C34H47N5O5. The van der Waals surface area contributed by atoms with Crippen molar-refractivity contribution in [3.63, 3.8) is 0 Å². The van der Waals surface area contributed by atoms with Crippen molar-refractivity contribution in [2.75, 3.05) is 20.2 Å². The van der Waals surface area contributed by atoms with E-state index in [9.17, 15) is 25.0 Å². The highest BCUT2D eigenvalue weighted by atomic mass is 16.7. The van der Waals surface area contributed by atoms with Crippen LogP contribution in [0.1, 0.15) is 92.4 Å². The van der Waals surface area contributed by atoms with Crippen LogP contribution in [0.2, 0.25) is 0 Å². The molecule has 2 N–H and O–H groups in total. The van der Waals surface area contributed by atoms with E-state index in [2.05, 4.69) is 42.6 Å². The summed E-state index contributed by atoms with van der Waals surface area (Å²) >= 11 is 0. The lowest BCUT2D eigenvalue weighted by molar-refractivity contribution is -0.485. The number of allylic oxidation sites excluding steroid dienone is 4. The number of hydrogen-bond acceptors (Lipinski definition) is 6. The molecule has 0 saturated heterocycles. The lowest BCUT2D eigenvalue weighted by Crippen LogP contribution is -2.66. The topological polar surface area (TPSA) is 147 Å². The second-order valence-corrected chi connectivity index (χ2v) is 15.9. The molecule has 44 heavy (non-hydrogen) atoms. The summed E-state index contributed by atoms with van der Waals surface area (Å²) in [6.45, 7) is 11.5. The van der Waals surface area contributed by atoms with Crippen LogP contribution in [-0.2, 0) is 14.3 Å². The van der Waals surface area contributed by atoms with E-state index in [0.717, 1.165) is 50.5 Å². The van der Waals surface area contributed by atoms with Gasteiger partial charge in [0, 0.05) is 30.3 Å². The molecule has 6 aliphatic carbocycles. The molecule has 0 aromatic carbocycles. The Kier molecular flexibility index (Phi) is 7.01. The second-order valence-electron chi connectivity index (χ2n) is 15.9. The van der Waals surface area contributed by atoms with Crippen molar-refractivity contribution < 1.29 is 19.4 Å². The van der Waals surface area contributed by atoms with Crippen LogP contribution < -0.4 is 10.6 Å². The normalized spacial score (nSPS) is 41.6. The highest BCUT2D eigenvalue weighted by Gasteiger charge is 2.71. The summed E-state index contributed by atoms with van der Waals surface area (Å²) in [6.07, 6.45) is 12.8. The van der Waals surface area contributed by atoms with Crippen LogP contribution in [0.4, 0.5) is 0 Å². The first-order chi connectivity index (χ1) is 20.6. The van der Waals surface area contributed by atoms with Gasteiger partial charge in [-0.25, -0.2) is 10.1 Å². The van der Waals surface area contributed by atoms with Crippen molar-refractivity contribution >= 4 is 17.5 Å². The fourth-order valence-electron chi connectivity index (χ4n) is 10.9. The Morgan fingerprint density at radius 1 is 1.11 bits per heavy atom.